The molecule has 0 bridgehead atoms. The maximum absolute atomic E-state index is 13.5. The van der Waals surface area contributed by atoms with Crippen LogP contribution in [0.15, 0.2) is 18.2 Å². The van der Waals surface area contributed by atoms with Gasteiger partial charge in [0.1, 0.15) is 0 Å². The Bertz CT molecular complexity index is 425. The predicted molar refractivity (Wildman–Crippen MR) is 74.0 cm³/mol. The molecule has 1 atom stereocenters. The molecule has 1 fully saturated rings. The summed E-state index contributed by atoms with van der Waals surface area (Å²) in [5, 5.41) is 3.53. The van der Waals surface area contributed by atoms with Crippen LogP contribution in [0.4, 0.5) is 8.78 Å². The molecule has 1 saturated carbocycles. The summed E-state index contributed by atoms with van der Waals surface area (Å²) in [6.07, 6.45) is 5.78. The highest BCUT2D eigenvalue weighted by Crippen LogP contribution is 2.47. The van der Waals surface area contributed by atoms with Gasteiger partial charge in [-0.25, -0.2) is 8.78 Å². The van der Waals surface area contributed by atoms with Crippen LogP contribution in [0, 0.1) is 17.0 Å². The fraction of sp³-hybridized carbons (Fsp3) is 0.625. The molecule has 1 nitrogen and oxygen atoms in total. The molecule has 0 radical (unpaired) electrons. The number of hydrogen-bond donors (Lipinski definition) is 1. The van der Waals surface area contributed by atoms with E-state index >= 15 is 0 Å². The molecule has 1 aromatic carbocycles. The Labute approximate surface area is 114 Å². The van der Waals surface area contributed by atoms with Crippen LogP contribution in [-0.2, 0) is 0 Å². The van der Waals surface area contributed by atoms with E-state index < -0.39 is 11.6 Å². The minimum Gasteiger partial charge on any atom is -0.309 e. The topological polar surface area (TPSA) is 12.0 Å². The maximum atomic E-state index is 13.5. The lowest BCUT2D eigenvalue weighted by Crippen LogP contribution is -2.35. The largest absolute Gasteiger partial charge is 0.309 e. The Morgan fingerprint density at radius 1 is 1.21 bits per heavy atom. The summed E-state index contributed by atoms with van der Waals surface area (Å²) in [6.45, 7) is 5.28. The number of rotatable bonds is 5. The molecule has 1 unspecified atom stereocenters. The summed E-state index contributed by atoms with van der Waals surface area (Å²) < 4.78 is 26.6. The number of halogens is 2. The lowest BCUT2D eigenvalue weighted by atomic mass is 9.77. The van der Waals surface area contributed by atoms with Gasteiger partial charge in [-0.3, -0.25) is 0 Å². The Balaban J connectivity index is 2.28. The second-order valence-corrected chi connectivity index (χ2v) is 5.92. The number of hydrogen-bond acceptors (Lipinski definition) is 1. The van der Waals surface area contributed by atoms with Crippen LogP contribution in [0.2, 0.25) is 0 Å². The lowest BCUT2D eigenvalue weighted by Gasteiger charge is -2.35. The molecular formula is C16H23F2N. The smallest absolute Gasteiger partial charge is 0.159 e. The SMILES string of the molecule is CCCNC(c1ccc(F)c(F)c1)C1(C)CCCC1. The lowest BCUT2D eigenvalue weighted by molar-refractivity contribution is 0.223. The van der Waals surface area contributed by atoms with Crippen molar-refractivity contribution in [2.24, 2.45) is 5.41 Å². The molecule has 1 aliphatic rings. The van der Waals surface area contributed by atoms with Gasteiger partial charge in [0.25, 0.3) is 0 Å². The van der Waals surface area contributed by atoms with Gasteiger partial charge in [-0.15, -0.1) is 0 Å². The first-order valence-electron chi connectivity index (χ1n) is 7.25. The van der Waals surface area contributed by atoms with E-state index in [2.05, 4.69) is 19.2 Å². The second kappa shape index (κ2) is 6.00. The molecule has 0 aromatic heterocycles. The normalized spacial score (nSPS) is 19.6. The third-order valence-electron chi connectivity index (χ3n) is 4.32. The highest BCUT2D eigenvalue weighted by Gasteiger charge is 2.37. The molecule has 0 aliphatic heterocycles. The van der Waals surface area contributed by atoms with Crippen molar-refractivity contribution in [1.82, 2.24) is 5.32 Å². The Morgan fingerprint density at radius 2 is 1.89 bits per heavy atom. The first-order chi connectivity index (χ1) is 9.07. The quantitative estimate of drug-likeness (QED) is 0.823. The molecule has 1 aliphatic carbocycles. The van der Waals surface area contributed by atoms with Crippen molar-refractivity contribution in [3.8, 4) is 0 Å². The van der Waals surface area contributed by atoms with Crippen molar-refractivity contribution in [2.75, 3.05) is 6.54 Å². The van der Waals surface area contributed by atoms with E-state index in [9.17, 15) is 8.78 Å². The minimum absolute atomic E-state index is 0.116. The minimum atomic E-state index is -0.769. The zero-order valence-electron chi connectivity index (χ0n) is 11.8. The molecule has 0 spiro atoms. The van der Waals surface area contributed by atoms with Crippen molar-refractivity contribution in [2.45, 2.75) is 52.0 Å². The van der Waals surface area contributed by atoms with Crippen molar-refractivity contribution >= 4 is 0 Å². The summed E-state index contributed by atoms with van der Waals surface area (Å²) in [4.78, 5) is 0. The average molecular weight is 267 g/mol. The van der Waals surface area contributed by atoms with Gasteiger partial charge < -0.3 is 5.32 Å². The summed E-state index contributed by atoms with van der Waals surface area (Å²) in [7, 11) is 0. The molecule has 1 aromatic rings. The van der Waals surface area contributed by atoms with Crippen LogP contribution in [0.5, 0.6) is 0 Å². The first kappa shape index (κ1) is 14.4. The van der Waals surface area contributed by atoms with E-state index in [4.69, 9.17) is 0 Å². The Kier molecular flexibility index (Phi) is 4.56. The highest BCUT2D eigenvalue weighted by atomic mass is 19.2. The van der Waals surface area contributed by atoms with Crippen LogP contribution in [0.25, 0.3) is 0 Å². The molecule has 19 heavy (non-hydrogen) atoms. The molecule has 0 saturated heterocycles. The number of benzene rings is 1. The number of nitrogens with one attached hydrogen (secondary N) is 1. The first-order valence-corrected chi connectivity index (χ1v) is 7.25. The molecule has 106 valence electrons. The van der Waals surface area contributed by atoms with Gasteiger partial charge in [0.05, 0.1) is 0 Å². The Morgan fingerprint density at radius 3 is 2.47 bits per heavy atom. The van der Waals surface area contributed by atoms with Crippen molar-refractivity contribution < 1.29 is 8.78 Å². The van der Waals surface area contributed by atoms with Crippen LogP contribution < -0.4 is 5.32 Å². The van der Waals surface area contributed by atoms with E-state index in [1.807, 2.05) is 0 Å². The average Bonchev–Trinajstić information content (AvgIpc) is 2.82. The second-order valence-electron chi connectivity index (χ2n) is 5.92. The third kappa shape index (κ3) is 3.14. The van der Waals surface area contributed by atoms with Crippen LogP contribution >= 0.6 is 0 Å². The fourth-order valence-corrected chi connectivity index (χ4v) is 3.22. The standard InChI is InChI=1S/C16H23F2N/c1-3-10-19-15(16(2)8-4-5-9-16)12-6-7-13(17)14(18)11-12/h6-7,11,15,19H,3-5,8-10H2,1-2H3. The molecule has 0 amide bonds. The zero-order chi connectivity index (χ0) is 13.9. The van der Waals surface area contributed by atoms with E-state index in [1.165, 1.54) is 25.0 Å². The molecule has 3 heteroatoms. The van der Waals surface area contributed by atoms with E-state index in [0.29, 0.717) is 0 Å². The monoisotopic (exact) mass is 267 g/mol. The van der Waals surface area contributed by atoms with Gasteiger partial charge in [-0.1, -0.05) is 32.8 Å². The highest BCUT2D eigenvalue weighted by molar-refractivity contribution is 5.24. The summed E-state index contributed by atoms with van der Waals surface area (Å²) >= 11 is 0. The molecule has 1 N–H and O–H groups in total. The van der Waals surface area contributed by atoms with Crippen LogP contribution in [-0.4, -0.2) is 6.54 Å². The van der Waals surface area contributed by atoms with Gasteiger partial charge in [-0.2, -0.15) is 0 Å². The zero-order valence-corrected chi connectivity index (χ0v) is 11.8. The molecule has 0 heterocycles. The molecular weight excluding hydrogens is 244 g/mol. The van der Waals surface area contributed by atoms with Gasteiger partial charge in [-0.05, 0) is 48.9 Å². The van der Waals surface area contributed by atoms with Crippen LogP contribution in [0.3, 0.4) is 0 Å². The summed E-state index contributed by atoms with van der Waals surface area (Å²) in [6, 6.07) is 4.43. The maximum Gasteiger partial charge on any atom is 0.159 e. The van der Waals surface area contributed by atoms with Gasteiger partial charge >= 0.3 is 0 Å². The summed E-state index contributed by atoms with van der Waals surface area (Å²) in [5.74, 6) is -1.52. The third-order valence-corrected chi connectivity index (χ3v) is 4.32. The molecule has 2 rings (SSSR count). The van der Waals surface area contributed by atoms with E-state index in [1.54, 1.807) is 6.07 Å². The van der Waals surface area contributed by atoms with E-state index in [0.717, 1.165) is 31.4 Å². The van der Waals surface area contributed by atoms with E-state index in [-0.39, 0.29) is 11.5 Å². The van der Waals surface area contributed by atoms with Gasteiger partial charge in [0.2, 0.25) is 0 Å². The van der Waals surface area contributed by atoms with Crippen molar-refractivity contribution in [3.63, 3.8) is 0 Å². The van der Waals surface area contributed by atoms with Crippen molar-refractivity contribution in [3.05, 3.63) is 35.4 Å². The van der Waals surface area contributed by atoms with Crippen LogP contribution in [0.1, 0.15) is 57.6 Å². The fourth-order valence-electron chi connectivity index (χ4n) is 3.22. The van der Waals surface area contributed by atoms with Gasteiger partial charge in [0, 0.05) is 6.04 Å². The van der Waals surface area contributed by atoms with Crippen molar-refractivity contribution in [1.29, 1.82) is 0 Å². The van der Waals surface area contributed by atoms with Gasteiger partial charge in [0.15, 0.2) is 11.6 Å². The Hall–Kier alpha value is -0.960. The predicted octanol–water partition coefficient (Wildman–Crippen LogP) is 4.59. The summed E-state index contributed by atoms with van der Waals surface area (Å²) in [5.41, 5.74) is 1.02.